The van der Waals surface area contributed by atoms with E-state index in [0.29, 0.717) is 4.83 Å². The molecule has 1 atom stereocenters. The normalized spacial score (nSPS) is 12.8. The van der Waals surface area contributed by atoms with Crippen LogP contribution in [0.4, 0.5) is 4.39 Å². The van der Waals surface area contributed by atoms with Crippen molar-refractivity contribution >= 4 is 27.5 Å². The lowest BCUT2D eigenvalue weighted by molar-refractivity contribution is 0.626. The second-order valence-electron chi connectivity index (χ2n) is 3.65. The van der Waals surface area contributed by atoms with Gasteiger partial charge in [-0.15, -0.1) is 0 Å². The van der Waals surface area contributed by atoms with E-state index in [9.17, 15) is 4.39 Å². The number of rotatable bonds is 5. The van der Waals surface area contributed by atoms with Crippen LogP contribution in [0.2, 0.25) is 5.02 Å². The van der Waals surface area contributed by atoms with Gasteiger partial charge in [0.1, 0.15) is 5.82 Å². The van der Waals surface area contributed by atoms with Gasteiger partial charge in [-0.25, -0.2) is 4.39 Å². The maximum Gasteiger partial charge on any atom is 0.141 e. The van der Waals surface area contributed by atoms with E-state index in [1.807, 2.05) is 0 Å². The third-order valence-corrected chi connectivity index (χ3v) is 3.80. The lowest BCUT2D eigenvalue weighted by atomic mass is 10.1. The van der Waals surface area contributed by atoms with E-state index in [2.05, 4.69) is 22.9 Å². The van der Waals surface area contributed by atoms with Crippen molar-refractivity contribution in [2.75, 3.05) is 0 Å². The van der Waals surface area contributed by atoms with Crippen LogP contribution in [0.3, 0.4) is 0 Å². The smallest absolute Gasteiger partial charge is 0.141 e. The molecule has 0 radical (unpaired) electrons. The highest BCUT2D eigenvalue weighted by molar-refractivity contribution is 9.09. The summed E-state index contributed by atoms with van der Waals surface area (Å²) in [4.78, 5) is 0.591. The van der Waals surface area contributed by atoms with E-state index in [4.69, 9.17) is 11.6 Å². The van der Waals surface area contributed by atoms with Gasteiger partial charge in [-0.1, -0.05) is 40.5 Å². The molecule has 0 bridgehead atoms. The molecule has 1 aromatic rings. The fraction of sp³-hybridized carbons (Fsp3) is 0.500. The lowest BCUT2D eigenvalue weighted by Gasteiger charge is -2.06. The van der Waals surface area contributed by atoms with Gasteiger partial charge in [-0.2, -0.15) is 0 Å². The van der Waals surface area contributed by atoms with E-state index in [1.54, 1.807) is 12.1 Å². The summed E-state index contributed by atoms with van der Waals surface area (Å²) in [5, 5.41) is 0.221. The molecule has 0 fully saturated rings. The minimum absolute atomic E-state index is 0.221. The largest absolute Gasteiger partial charge is 0.205 e. The third kappa shape index (κ3) is 4.52. The Bertz CT molecular complexity index is 314. The van der Waals surface area contributed by atoms with Crippen LogP contribution in [-0.4, -0.2) is 4.83 Å². The molecule has 1 rings (SSSR count). The molecule has 0 aliphatic rings. The van der Waals surface area contributed by atoms with Gasteiger partial charge in [0.15, 0.2) is 0 Å². The van der Waals surface area contributed by atoms with Crippen LogP contribution in [0.15, 0.2) is 18.2 Å². The molecule has 0 amide bonds. The van der Waals surface area contributed by atoms with Gasteiger partial charge in [0.2, 0.25) is 0 Å². The number of hydrogen-bond donors (Lipinski definition) is 0. The van der Waals surface area contributed by atoms with Crippen molar-refractivity contribution < 1.29 is 4.39 Å². The summed E-state index contributed by atoms with van der Waals surface area (Å²) in [6.07, 6.45) is 4.35. The van der Waals surface area contributed by atoms with Crippen molar-refractivity contribution in [3.8, 4) is 0 Å². The summed E-state index contributed by atoms with van der Waals surface area (Å²) in [6.45, 7) is 2.16. The van der Waals surface area contributed by atoms with Gasteiger partial charge in [0.05, 0.1) is 5.02 Å². The molecule has 1 aromatic carbocycles. The van der Waals surface area contributed by atoms with E-state index in [1.165, 1.54) is 6.07 Å². The fourth-order valence-electron chi connectivity index (χ4n) is 1.43. The van der Waals surface area contributed by atoms with Crippen molar-refractivity contribution in [1.29, 1.82) is 0 Å². The Labute approximate surface area is 104 Å². The summed E-state index contributed by atoms with van der Waals surface area (Å²) in [6, 6.07) is 4.95. The number of aryl methyl sites for hydroxylation is 1. The number of benzene rings is 1. The van der Waals surface area contributed by atoms with Gasteiger partial charge in [-0.05, 0) is 43.4 Å². The Hall–Kier alpha value is -0.0800. The second kappa shape index (κ2) is 6.49. The van der Waals surface area contributed by atoms with E-state index in [0.717, 1.165) is 31.2 Å². The summed E-state index contributed by atoms with van der Waals surface area (Å²) < 4.78 is 12.9. The molecular weight excluding hydrogens is 278 g/mol. The quantitative estimate of drug-likeness (QED) is 0.672. The van der Waals surface area contributed by atoms with Crippen LogP contribution >= 0.6 is 27.5 Å². The molecule has 0 heterocycles. The molecule has 0 spiro atoms. The standard InChI is InChI=1S/C12H15BrClF/c1-2-10(13)5-3-4-9-6-7-12(15)11(14)8-9/h6-8,10H,2-5H2,1H3. The van der Waals surface area contributed by atoms with Crippen LogP contribution in [0.1, 0.15) is 31.7 Å². The topological polar surface area (TPSA) is 0 Å². The number of alkyl halides is 1. The Kier molecular flexibility index (Phi) is 5.62. The van der Waals surface area contributed by atoms with Gasteiger partial charge in [-0.3, -0.25) is 0 Å². The van der Waals surface area contributed by atoms with Gasteiger partial charge in [0, 0.05) is 4.83 Å². The van der Waals surface area contributed by atoms with E-state index in [-0.39, 0.29) is 10.8 Å². The fourth-order valence-corrected chi connectivity index (χ4v) is 1.95. The molecular formula is C12H15BrClF. The maximum atomic E-state index is 12.9. The Morgan fingerprint density at radius 3 is 2.80 bits per heavy atom. The zero-order valence-corrected chi connectivity index (χ0v) is 11.1. The zero-order chi connectivity index (χ0) is 11.3. The Morgan fingerprint density at radius 1 is 1.47 bits per heavy atom. The highest BCUT2D eigenvalue weighted by atomic mass is 79.9. The third-order valence-electron chi connectivity index (χ3n) is 2.41. The van der Waals surface area contributed by atoms with Crippen molar-refractivity contribution in [3.05, 3.63) is 34.6 Å². The van der Waals surface area contributed by atoms with E-state index >= 15 is 0 Å². The van der Waals surface area contributed by atoms with Crippen molar-refractivity contribution in [1.82, 2.24) is 0 Å². The number of hydrogen-bond acceptors (Lipinski definition) is 0. The minimum Gasteiger partial charge on any atom is -0.205 e. The molecule has 0 aromatic heterocycles. The minimum atomic E-state index is -0.340. The molecule has 0 aliphatic heterocycles. The first-order chi connectivity index (χ1) is 7.13. The monoisotopic (exact) mass is 292 g/mol. The van der Waals surface area contributed by atoms with Crippen molar-refractivity contribution in [3.63, 3.8) is 0 Å². The predicted molar refractivity (Wildman–Crippen MR) is 67.4 cm³/mol. The molecule has 0 N–H and O–H groups in total. The van der Waals surface area contributed by atoms with Gasteiger partial charge in [0.25, 0.3) is 0 Å². The van der Waals surface area contributed by atoms with Crippen LogP contribution in [0.5, 0.6) is 0 Å². The molecule has 1 unspecified atom stereocenters. The van der Waals surface area contributed by atoms with Crippen LogP contribution < -0.4 is 0 Å². The van der Waals surface area contributed by atoms with Crippen LogP contribution in [0, 0.1) is 5.82 Å². The highest BCUT2D eigenvalue weighted by Gasteiger charge is 2.03. The average Bonchev–Trinajstić information content (AvgIpc) is 2.23. The summed E-state index contributed by atoms with van der Waals surface area (Å²) in [5.41, 5.74) is 1.11. The van der Waals surface area contributed by atoms with E-state index < -0.39 is 0 Å². The van der Waals surface area contributed by atoms with Gasteiger partial charge >= 0.3 is 0 Å². The SMILES string of the molecule is CCC(Br)CCCc1ccc(F)c(Cl)c1. The van der Waals surface area contributed by atoms with Crippen molar-refractivity contribution in [2.24, 2.45) is 0 Å². The Morgan fingerprint density at radius 2 is 2.20 bits per heavy atom. The first-order valence-electron chi connectivity index (χ1n) is 5.21. The summed E-state index contributed by atoms with van der Waals surface area (Å²) in [7, 11) is 0. The molecule has 84 valence electrons. The predicted octanol–water partition coefficient (Wildman–Crippen LogP) is 4.98. The molecule has 0 nitrogen and oxygen atoms in total. The molecule has 0 aliphatic carbocycles. The van der Waals surface area contributed by atoms with Crippen LogP contribution in [0.25, 0.3) is 0 Å². The molecule has 3 heteroatoms. The molecule has 0 saturated carbocycles. The van der Waals surface area contributed by atoms with Crippen LogP contribution in [-0.2, 0) is 6.42 Å². The van der Waals surface area contributed by atoms with Crippen molar-refractivity contribution in [2.45, 2.75) is 37.4 Å². The first-order valence-corrected chi connectivity index (χ1v) is 6.51. The lowest BCUT2D eigenvalue weighted by Crippen LogP contribution is -1.96. The molecule has 0 saturated heterocycles. The second-order valence-corrected chi connectivity index (χ2v) is 5.35. The van der Waals surface area contributed by atoms with Gasteiger partial charge < -0.3 is 0 Å². The highest BCUT2D eigenvalue weighted by Crippen LogP contribution is 2.19. The number of halogens is 3. The summed E-state index contributed by atoms with van der Waals surface area (Å²) >= 11 is 9.29. The Balaban J connectivity index is 2.41. The molecule has 15 heavy (non-hydrogen) atoms. The zero-order valence-electron chi connectivity index (χ0n) is 8.77. The first kappa shape index (κ1) is 13.0. The maximum absolute atomic E-state index is 12.9. The summed E-state index contributed by atoms with van der Waals surface area (Å²) in [5.74, 6) is -0.340. The average molecular weight is 294 g/mol.